The van der Waals surface area contributed by atoms with E-state index in [0.717, 1.165) is 0 Å². The number of methoxy groups -OCH3 is 2. The van der Waals surface area contributed by atoms with Gasteiger partial charge in [0.25, 0.3) is 5.95 Å². The molecule has 0 unspecified atom stereocenters. The Labute approximate surface area is 216 Å². The van der Waals surface area contributed by atoms with E-state index in [4.69, 9.17) is 14.2 Å². The summed E-state index contributed by atoms with van der Waals surface area (Å²) in [4.78, 5) is 14.2. The third kappa shape index (κ3) is 6.87. The zero-order chi connectivity index (χ0) is 27.0. The molecule has 3 aromatic carbocycles. The number of nitrogens with one attached hydrogen (secondary N) is 1. The van der Waals surface area contributed by atoms with E-state index in [1.165, 1.54) is 20.4 Å². The summed E-state index contributed by atoms with van der Waals surface area (Å²) >= 11 is 0. The molecular weight excluding hydrogens is 501 g/mol. The molecule has 38 heavy (non-hydrogen) atoms. The van der Waals surface area contributed by atoms with E-state index >= 15 is 0 Å². The first-order valence-electron chi connectivity index (χ1n) is 11.2. The van der Waals surface area contributed by atoms with Crippen molar-refractivity contribution in [1.29, 1.82) is 0 Å². The number of alkyl halides is 3. The zero-order valence-corrected chi connectivity index (χ0v) is 20.4. The molecule has 1 aromatic heterocycles. The number of halogens is 3. The molecule has 0 spiro atoms. The van der Waals surface area contributed by atoms with Crippen molar-refractivity contribution in [3.05, 3.63) is 84.4 Å². The average molecular weight is 525 g/mol. The van der Waals surface area contributed by atoms with Crippen molar-refractivity contribution in [3.63, 3.8) is 0 Å². The fraction of sp³-hybridized carbons (Fsp3) is 0.154. The minimum absolute atomic E-state index is 0.0263. The minimum Gasteiger partial charge on any atom is -0.493 e. The summed E-state index contributed by atoms with van der Waals surface area (Å²) in [6.45, 7) is -1.57. The Morgan fingerprint density at radius 3 is 2.05 bits per heavy atom. The van der Waals surface area contributed by atoms with Gasteiger partial charge in [-0.3, -0.25) is 4.90 Å². The highest BCUT2D eigenvalue weighted by atomic mass is 19.4. The van der Waals surface area contributed by atoms with Crippen molar-refractivity contribution in [1.82, 2.24) is 15.0 Å². The third-order valence-electron chi connectivity index (χ3n) is 4.98. The number of ether oxygens (including phenoxy) is 3. The molecule has 0 atom stereocenters. The van der Waals surface area contributed by atoms with Crippen LogP contribution < -0.4 is 24.5 Å². The van der Waals surface area contributed by atoms with Gasteiger partial charge in [-0.2, -0.15) is 33.2 Å². The van der Waals surface area contributed by atoms with Crippen LogP contribution >= 0.6 is 0 Å². The van der Waals surface area contributed by atoms with Crippen LogP contribution in [-0.2, 0) is 0 Å². The summed E-state index contributed by atoms with van der Waals surface area (Å²) < 4.78 is 54.0. The Hall–Kier alpha value is -4.87. The van der Waals surface area contributed by atoms with Crippen LogP contribution in [0.25, 0.3) is 0 Å². The highest BCUT2D eigenvalue weighted by molar-refractivity contribution is 5.81. The monoisotopic (exact) mass is 524 g/mol. The number of anilines is 4. The Morgan fingerprint density at radius 1 is 0.842 bits per heavy atom. The predicted molar refractivity (Wildman–Crippen MR) is 137 cm³/mol. The van der Waals surface area contributed by atoms with Gasteiger partial charge < -0.3 is 14.2 Å². The maximum absolute atomic E-state index is 12.9. The van der Waals surface area contributed by atoms with E-state index in [9.17, 15) is 13.2 Å². The summed E-state index contributed by atoms with van der Waals surface area (Å²) in [6.07, 6.45) is -3.11. The highest BCUT2D eigenvalue weighted by Gasteiger charge is 2.29. The van der Waals surface area contributed by atoms with Gasteiger partial charge in [0.15, 0.2) is 18.1 Å². The number of para-hydroxylation sites is 2. The number of rotatable bonds is 10. The molecule has 0 saturated heterocycles. The maximum Gasteiger partial charge on any atom is 0.422 e. The van der Waals surface area contributed by atoms with Crippen LogP contribution in [0.2, 0.25) is 0 Å². The molecule has 0 amide bonds. The van der Waals surface area contributed by atoms with E-state index in [-0.39, 0.29) is 11.9 Å². The summed E-state index contributed by atoms with van der Waals surface area (Å²) in [6, 6.07) is 22.9. The van der Waals surface area contributed by atoms with E-state index in [1.54, 1.807) is 23.1 Å². The quantitative estimate of drug-likeness (QED) is 0.207. The van der Waals surface area contributed by atoms with Crippen molar-refractivity contribution in [3.8, 4) is 17.5 Å². The average Bonchev–Trinajstić information content (AvgIpc) is 2.93. The lowest BCUT2D eigenvalue weighted by Crippen LogP contribution is -2.21. The van der Waals surface area contributed by atoms with Gasteiger partial charge in [0, 0.05) is 11.4 Å². The summed E-state index contributed by atoms with van der Waals surface area (Å²) in [7, 11) is 3.04. The van der Waals surface area contributed by atoms with Crippen LogP contribution in [0, 0.1) is 0 Å². The Balaban J connectivity index is 1.70. The van der Waals surface area contributed by atoms with Crippen LogP contribution in [0.4, 0.5) is 36.4 Å². The first kappa shape index (κ1) is 26.2. The van der Waals surface area contributed by atoms with Crippen LogP contribution in [0.15, 0.2) is 84.0 Å². The van der Waals surface area contributed by atoms with E-state index in [0.29, 0.717) is 28.4 Å². The van der Waals surface area contributed by atoms with Crippen molar-refractivity contribution in [2.45, 2.75) is 6.18 Å². The molecule has 0 aliphatic heterocycles. The van der Waals surface area contributed by atoms with Crippen molar-refractivity contribution in [2.75, 3.05) is 31.2 Å². The van der Waals surface area contributed by atoms with E-state index < -0.39 is 18.8 Å². The normalized spacial score (nSPS) is 11.3. The fourth-order valence-corrected chi connectivity index (χ4v) is 3.34. The molecule has 1 N–H and O–H groups in total. The van der Waals surface area contributed by atoms with Gasteiger partial charge in [0.1, 0.15) is 0 Å². The van der Waals surface area contributed by atoms with Crippen molar-refractivity contribution < 1.29 is 27.4 Å². The number of nitrogens with zero attached hydrogens (tertiary/aromatic N) is 5. The second kappa shape index (κ2) is 11.9. The molecule has 9 nitrogen and oxygen atoms in total. The predicted octanol–water partition coefficient (Wildman–Crippen LogP) is 5.75. The van der Waals surface area contributed by atoms with Crippen molar-refractivity contribution in [2.24, 2.45) is 5.10 Å². The first-order valence-corrected chi connectivity index (χ1v) is 11.2. The van der Waals surface area contributed by atoms with Crippen LogP contribution in [-0.4, -0.2) is 48.2 Å². The summed E-state index contributed by atoms with van der Waals surface area (Å²) in [5.41, 5.74) is 4.65. The summed E-state index contributed by atoms with van der Waals surface area (Å²) in [5.74, 6) is 0.954. The van der Waals surface area contributed by atoms with Crippen LogP contribution in [0.5, 0.6) is 17.5 Å². The molecule has 4 rings (SSSR count). The lowest BCUT2D eigenvalue weighted by Gasteiger charge is -2.23. The van der Waals surface area contributed by atoms with Gasteiger partial charge >= 0.3 is 12.2 Å². The lowest BCUT2D eigenvalue weighted by molar-refractivity contribution is -0.154. The van der Waals surface area contributed by atoms with Gasteiger partial charge in [-0.05, 0) is 48.0 Å². The molecule has 1 heterocycles. The maximum atomic E-state index is 12.9. The van der Waals surface area contributed by atoms with Gasteiger partial charge in [0.2, 0.25) is 5.95 Å². The van der Waals surface area contributed by atoms with Crippen LogP contribution in [0.3, 0.4) is 0 Å². The molecule has 12 heteroatoms. The standard InChI is InChI=1S/C26H23F3N6O3/c1-36-21-14-13-18(15-22(21)37-2)16-30-34-23-31-24(33-25(32-23)38-17-26(27,28)29)35(19-9-5-3-6-10-19)20-11-7-4-8-12-20/h3-16H,17H2,1-2H3,(H,31,32,33,34). The molecule has 4 aromatic rings. The van der Waals surface area contributed by atoms with E-state index in [2.05, 4.69) is 25.5 Å². The number of hydrazone groups is 1. The second-order valence-corrected chi connectivity index (χ2v) is 7.64. The lowest BCUT2D eigenvalue weighted by atomic mass is 10.2. The smallest absolute Gasteiger partial charge is 0.422 e. The highest BCUT2D eigenvalue weighted by Crippen LogP contribution is 2.33. The first-order chi connectivity index (χ1) is 18.4. The SMILES string of the molecule is COc1ccc(C=NNc2nc(OCC(F)(F)F)nc(N(c3ccccc3)c3ccccc3)n2)cc1OC. The Kier molecular flexibility index (Phi) is 8.21. The molecule has 0 bridgehead atoms. The molecule has 196 valence electrons. The zero-order valence-electron chi connectivity index (χ0n) is 20.4. The molecule has 0 radical (unpaired) electrons. The molecule has 0 aliphatic rings. The second-order valence-electron chi connectivity index (χ2n) is 7.64. The fourth-order valence-electron chi connectivity index (χ4n) is 3.34. The number of hydrogen-bond donors (Lipinski definition) is 1. The molecule has 0 fully saturated rings. The number of hydrogen-bond acceptors (Lipinski definition) is 9. The number of benzene rings is 3. The van der Waals surface area contributed by atoms with E-state index in [1.807, 2.05) is 60.7 Å². The largest absolute Gasteiger partial charge is 0.493 e. The molecule has 0 saturated carbocycles. The topological polar surface area (TPSA) is 94.0 Å². The summed E-state index contributed by atoms with van der Waals surface area (Å²) in [5, 5.41) is 4.12. The van der Waals surface area contributed by atoms with Crippen molar-refractivity contribution >= 4 is 29.5 Å². The Morgan fingerprint density at radius 2 is 1.47 bits per heavy atom. The van der Waals surface area contributed by atoms with Gasteiger partial charge in [-0.25, -0.2) is 5.43 Å². The molecular formula is C26H23F3N6O3. The molecule has 0 aliphatic carbocycles. The van der Waals surface area contributed by atoms with Gasteiger partial charge in [-0.15, -0.1) is 0 Å². The van der Waals surface area contributed by atoms with Crippen LogP contribution in [0.1, 0.15) is 5.56 Å². The van der Waals surface area contributed by atoms with Gasteiger partial charge in [-0.1, -0.05) is 36.4 Å². The number of aromatic nitrogens is 3. The van der Waals surface area contributed by atoms with Gasteiger partial charge in [0.05, 0.1) is 20.4 Å². The third-order valence-corrected chi connectivity index (χ3v) is 4.98. The Bertz CT molecular complexity index is 1330. The minimum atomic E-state index is -4.58.